The van der Waals surface area contributed by atoms with Crippen molar-refractivity contribution in [3.05, 3.63) is 53.6 Å². The van der Waals surface area contributed by atoms with Crippen LogP contribution in [0.5, 0.6) is 11.5 Å². The summed E-state index contributed by atoms with van der Waals surface area (Å²) in [7, 11) is 0. The number of carbonyl (C=O) groups is 1. The molecule has 0 saturated carbocycles. The maximum Gasteiger partial charge on any atom is 0.244 e. The fourth-order valence-electron chi connectivity index (χ4n) is 2.49. The van der Waals surface area contributed by atoms with Gasteiger partial charge in [0.1, 0.15) is 17.0 Å². The number of nitrogens with one attached hydrogen (secondary N) is 1. The van der Waals surface area contributed by atoms with Crippen molar-refractivity contribution >= 4 is 23.2 Å². The van der Waals surface area contributed by atoms with Crippen LogP contribution in [0.3, 0.4) is 0 Å². The molecule has 1 saturated heterocycles. The Hall–Kier alpha value is -2.08. The molecular formula is C18H19ClN2O3. The van der Waals surface area contributed by atoms with Crippen molar-refractivity contribution < 1.29 is 14.3 Å². The molecule has 3 N–H and O–H groups in total. The van der Waals surface area contributed by atoms with E-state index in [1.54, 1.807) is 36.4 Å². The van der Waals surface area contributed by atoms with Crippen molar-refractivity contribution in [1.29, 1.82) is 0 Å². The van der Waals surface area contributed by atoms with Crippen molar-refractivity contribution in [2.45, 2.75) is 18.4 Å². The molecule has 6 heteroatoms. The Morgan fingerprint density at radius 1 is 1.12 bits per heavy atom. The van der Waals surface area contributed by atoms with E-state index in [2.05, 4.69) is 5.32 Å². The number of hydrogen-bond acceptors (Lipinski definition) is 4. The zero-order chi connectivity index (χ0) is 17.0. The molecule has 1 aliphatic rings. The van der Waals surface area contributed by atoms with E-state index in [0.717, 1.165) is 0 Å². The smallest absolute Gasteiger partial charge is 0.244 e. The molecule has 1 amide bonds. The predicted molar refractivity (Wildman–Crippen MR) is 93.6 cm³/mol. The molecule has 2 aromatic carbocycles. The highest BCUT2D eigenvalue weighted by Gasteiger charge is 2.35. The lowest BCUT2D eigenvalue weighted by molar-refractivity contribution is -0.124. The molecule has 2 aromatic rings. The second-order valence-electron chi connectivity index (χ2n) is 5.81. The Bertz CT molecular complexity index is 712. The summed E-state index contributed by atoms with van der Waals surface area (Å²) in [5.41, 5.74) is 5.98. The molecule has 24 heavy (non-hydrogen) atoms. The minimum atomic E-state index is -0.867. The lowest BCUT2D eigenvalue weighted by Crippen LogP contribution is -2.54. The zero-order valence-electron chi connectivity index (χ0n) is 13.1. The van der Waals surface area contributed by atoms with Gasteiger partial charge in [-0.05, 0) is 55.3 Å². The van der Waals surface area contributed by atoms with Crippen LogP contribution in [-0.4, -0.2) is 24.7 Å². The van der Waals surface area contributed by atoms with E-state index in [-0.39, 0.29) is 5.91 Å². The highest BCUT2D eigenvalue weighted by atomic mass is 35.5. The molecule has 0 unspecified atom stereocenters. The molecule has 0 radical (unpaired) electrons. The number of anilines is 1. The van der Waals surface area contributed by atoms with E-state index in [1.807, 2.05) is 12.1 Å². The Kier molecular flexibility index (Phi) is 5.04. The van der Waals surface area contributed by atoms with Crippen molar-refractivity contribution in [3.63, 3.8) is 0 Å². The predicted octanol–water partition coefficient (Wildman–Crippen LogP) is 3.58. The summed E-state index contributed by atoms with van der Waals surface area (Å²) in [5, 5.41) is 3.47. The van der Waals surface area contributed by atoms with Gasteiger partial charge < -0.3 is 20.5 Å². The third-order valence-electron chi connectivity index (χ3n) is 3.98. The molecule has 1 fully saturated rings. The van der Waals surface area contributed by atoms with E-state index in [0.29, 0.717) is 48.3 Å². The number of hydrogen-bond donors (Lipinski definition) is 2. The minimum absolute atomic E-state index is 0.186. The maximum atomic E-state index is 12.4. The molecule has 1 aliphatic heterocycles. The first kappa shape index (κ1) is 16.8. The van der Waals surface area contributed by atoms with E-state index >= 15 is 0 Å². The number of rotatable bonds is 4. The average molecular weight is 347 g/mol. The van der Waals surface area contributed by atoms with Gasteiger partial charge in [0, 0.05) is 23.9 Å². The largest absolute Gasteiger partial charge is 0.457 e. The average Bonchev–Trinajstić information content (AvgIpc) is 2.57. The number of ether oxygens (including phenoxy) is 2. The Balaban J connectivity index is 1.63. The summed E-state index contributed by atoms with van der Waals surface area (Å²) in [6, 6.07) is 14.3. The van der Waals surface area contributed by atoms with Crippen LogP contribution in [-0.2, 0) is 9.53 Å². The van der Waals surface area contributed by atoms with Gasteiger partial charge in [-0.15, -0.1) is 0 Å². The zero-order valence-corrected chi connectivity index (χ0v) is 13.9. The number of halogens is 1. The molecule has 3 rings (SSSR count). The van der Waals surface area contributed by atoms with Crippen LogP contribution < -0.4 is 15.8 Å². The van der Waals surface area contributed by atoms with Crippen LogP contribution >= 0.6 is 11.6 Å². The van der Waals surface area contributed by atoms with Gasteiger partial charge in [0.25, 0.3) is 0 Å². The molecule has 0 atom stereocenters. The quantitative estimate of drug-likeness (QED) is 0.887. The Labute approximate surface area is 145 Å². The van der Waals surface area contributed by atoms with Gasteiger partial charge in [0.05, 0.1) is 0 Å². The van der Waals surface area contributed by atoms with Crippen LogP contribution in [0.4, 0.5) is 5.69 Å². The first-order valence-corrected chi connectivity index (χ1v) is 8.15. The number of benzene rings is 2. The lowest BCUT2D eigenvalue weighted by Gasteiger charge is -2.31. The highest BCUT2D eigenvalue weighted by molar-refractivity contribution is 6.30. The standard InChI is InChI=1S/C18H19ClN2O3/c19-13-2-1-3-16(12-13)24-15-6-4-14(5-7-15)21-17(22)18(20)8-10-23-11-9-18/h1-7,12H,8-11,20H2,(H,21,22). The third kappa shape index (κ3) is 4.06. The SMILES string of the molecule is NC1(C(=O)Nc2ccc(Oc3cccc(Cl)c3)cc2)CCOCC1. The molecule has 0 spiro atoms. The summed E-state index contributed by atoms with van der Waals surface area (Å²) in [4.78, 5) is 12.4. The fraction of sp³-hybridized carbons (Fsp3) is 0.278. The maximum absolute atomic E-state index is 12.4. The number of nitrogens with two attached hydrogens (primary N) is 1. The first-order valence-electron chi connectivity index (χ1n) is 7.77. The Morgan fingerprint density at radius 3 is 2.50 bits per heavy atom. The lowest BCUT2D eigenvalue weighted by atomic mass is 9.90. The van der Waals surface area contributed by atoms with Gasteiger partial charge in [-0.25, -0.2) is 0 Å². The van der Waals surface area contributed by atoms with Gasteiger partial charge in [0.15, 0.2) is 0 Å². The topological polar surface area (TPSA) is 73.6 Å². The van der Waals surface area contributed by atoms with Gasteiger partial charge >= 0.3 is 0 Å². The van der Waals surface area contributed by atoms with Gasteiger partial charge in [0.2, 0.25) is 5.91 Å². The molecule has 126 valence electrons. The molecule has 0 aromatic heterocycles. The van der Waals surface area contributed by atoms with Gasteiger partial charge in [-0.2, -0.15) is 0 Å². The van der Waals surface area contributed by atoms with Crippen molar-refractivity contribution in [3.8, 4) is 11.5 Å². The summed E-state index contributed by atoms with van der Waals surface area (Å²) in [5.74, 6) is 1.13. The molecule has 1 heterocycles. The van der Waals surface area contributed by atoms with Crippen LogP contribution in [0.1, 0.15) is 12.8 Å². The third-order valence-corrected chi connectivity index (χ3v) is 4.22. The molecule has 5 nitrogen and oxygen atoms in total. The second kappa shape index (κ2) is 7.21. The van der Waals surface area contributed by atoms with Crippen LogP contribution in [0, 0.1) is 0 Å². The van der Waals surface area contributed by atoms with Crippen LogP contribution in [0.2, 0.25) is 5.02 Å². The van der Waals surface area contributed by atoms with Gasteiger partial charge in [-0.1, -0.05) is 17.7 Å². The van der Waals surface area contributed by atoms with Crippen molar-refractivity contribution in [2.75, 3.05) is 18.5 Å². The van der Waals surface area contributed by atoms with E-state index < -0.39 is 5.54 Å². The summed E-state index contributed by atoms with van der Waals surface area (Å²) >= 11 is 5.93. The number of carbonyl (C=O) groups excluding carboxylic acids is 1. The van der Waals surface area contributed by atoms with Crippen molar-refractivity contribution in [1.82, 2.24) is 0 Å². The molecular weight excluding hydrogens is 328 g/mol. The minimum Gasteiger partial charge on any atom is -0.457 e. The van der Waals surface area contributed by atoms with E-state index in [4.69, 9.17) is 26.8 Å². The van der Waals surface area contributed by atoms with Crippen LogP contribution in [0.25, 0.3) is 0 Å². The van der Waals surface area contributed by atoms with Gasteiger partial charge in [-0.3, -0.25) is 4.79 Å². The first-order chi connectivity index (χ1) is 11.5. The fourth-order valence-corrected chi connectivity index (χ4v) is 2.67. The van der Waals surface area contributed by atoms with E-state index in [9.17, 15) is 4.79 Å². The second-order valence-corrected chi connectivity index (χ2v) is 6.24. The summed E-state index contributed by atoms with van der Waals surface area (Å²) in [6.07, 6.45) is 1.05. The monoisotopic (exact) mass is 346 g/mol. The normalized spacial score (nSPS) is 16.4. The summed E-state index contributed by atoms with van der Waals surface area (Å²) in [6.45, 7) is 1.02. The number of amides is 1. The van der Waals surface area contributed by atoms with Crippen molar-refractivity contribution in [2.24, 2.45) is 5.73 Å². The van der Waals surface area contributed by atoms with Crippen LogP contribution in [0.15, 0.2) is 48.5 Å². The summed E-state index contributed by atoms with van der Waals surface area (Å²) < 4.78 is 11.0. The molecule has 0 bridgehead atoms. The molecule has 0 aliphatic carbocycles. The van der Waals surface area contributed by atoms with E-state index in [1.165, 1.54) is 0 Å². The highest BCUT2D eigenvalue weighted by Crippen LogP contribution is 2.26. The Morgan fingerprint density at radius 2 is 1.83 bits per heavy atom.